The number of amides is 2. The van der Waals surface area contributed by atoms with Gasteiger partial charge >= 0.3 is 11.8 Å². The van der Waals surface area contributed by atoms with E-state index in [-0.39, 0.29) is 19.5 Å². The lowest BCUT2D eigenvalue weighted by Crippen LogP contribution is -2.47. The van der Waals surface area contributed by atoms with Crippen molar-refractivity contribution in [1.29, 1.82) is 0 Å². The number of hydrogen-bond donors (Lipinski definition) is 3. The van der Waals surface area contributed by atoms with Gasteiger partial charge in [0.1, 0.15) is 11.5 Å². The summed E-state index contributed by atoms with van der Waals surface area (Å²) in [5, 5.41) is 15.2. The van der Waals surface area contributed by atoms with Crippen LogP contribution in [0.3, 0.4) is 0 Å². The van der Waals surface area contributed by atoms with Crippen molar-refractivity contribution in [2.75, 3.05) is 13.7 Å². The second-order valence-electron chi connectivity index (χ2n) is 5.97. The fraction of sp³-hybridized carbons (Fsp3) is 0.333. The van der Waals surface area contributed by atoms with Crippen LogP contribution in [-0.4, -0.2) is 36.2 Å². The Balaban J connectivity index is 1.78. The predicted octanol–water partition coefficient (Wildman–Crippen LogP) is 1.01. The van der Waals surface area contributed by atoms with E-state index in [0.29, 0.717) is 11.5 Å². The lowest BCUT2D eigenvalue weighted by atomic mass is 10.0. The number of benzene rings is 1. The summed E-state index contributed by atoms with van der Waals surface area (Å²) in [5.74, 6) is -0.300. The van der Waals surface area contributed by atoms with E-state index in [0.717, 1.165) is 5.56 Å². The highest BCUT2D eigenvalue weighted by Gasteiger charge is 2.24. The summed E-state index contributed by atoms with van der Waals surface area (Å²) in [6.07, 6.45) is 1.74. The predicted molar refractivity (Wildman–Crippen MR) is 90.9 cm³/mol. The molecule has 134 valence electrons. The summed E-state index contributed by atoms with van der Waals surface area (Å²) >= 11 is 0. The van der Waals surface area contributed by atoms with Crippen molar-refractivity contribution in [3.05, 3.63) is 54.0 Å². The Kier molecular flexibility index (Phi) is 6.19. The van der Waals surface area contributed by atoms with Gasteiger partial charge in [0.15, 0.2) is 0 Å². The molecule has 2 aromatic rings. The van der Waals surface area contributed by atoms with E-state index >= 15 is 0 Å². The monoisotopic (exact) mass is 346 g/mol. The molecule has 0 aliphatic rings. The van der Waals surface area contributed by atoms with Gasteiger partial charge in [0.25, 0.3) is 0 Å². The first-order valence-electron chi connectivity index (χ1n) is 7.83. The molecule has 2 rings (SSSR count). The van der Waals surface area contributed by atoms with Gasteiger partial charge in [-0.3, -0.25) is 9.59 Å². The maximum atomic E-state index is 11.9. The standard InChI is InChI=1S/C18H22N2O5/c1-18(23,10-15-7-4-8-25-15)12-20-17(22)16(21)19-11-13-5-3-6-14(9-13)24-2/h3-9,23H,10-12H2,1-2H3,(H,19,21)(H,20,22). The van der Waals surface area contributed by atoms with E-state index in [1.54, 1.807) is 44.4 Å². The van der Waals surface area contributed by atoms with Crippen LogP contribution in [0.2, 0.25) is 0 Å². The van der Waals surface area contributed by atoms with E-state index < -0.39 is 17.4 Å². The summed E-state index contributed by atoms with van der Waals surface area (Å²) in [6.45, 7) is 1.69. The summed E-state index contributed by atoms with van der Waals surface area (Å²) in [6, 6.07) is 10.6. The maximum absolute atomic E-state index is 11.9. The normalized spacial score (nSPS) is 12.9. The second-order valence-corrected chi connectivity index (χ2v) is 5.97. The summed E-state index contributed by atoms with van der Waals surface area (Å²) in [4.78, 5) is 23.7. The topological polar surface area (TPSA) is 101 Å². The van der Waals surface area contributed by atoms with Crippen molar-refractivity contribution in [2.45, 2.75) is 25.5 Å². The lowest BCUT2D eigenvalue weighted by molar-refractivity contribution is -0.139. The van der Waals surface area contributed by atoms with E-state index in [1.807, 2.05) is 6.07 Å². The number of furan rings is 1. The Hall–Kier alpha value is -2.80. The van der Waals surface area contributed by atoms with Gasteiger partial charge < -0.3 is 24.9 Å². The van der Waals surface area contributed by atoms with E-state index in [2.05, 4.69) is 10.6 Å². The minimum absolute atomic E-state index is 0.0703. The van der Waals surface area contributed by atoms with Gasteiger partial charge in [-0.25, -0.2) is 0 Å². The van der Waals surface area contributed by atoms with Gasteiger partial charge in [-0.15, -0.1) is 0 Å². The van der Waals surface area contributed by atoms with Gasteiger partial charge in [0.2, 0.25) is 0 Å². The van der Waals surface area contributed by atoms with Crippen LogP contribution in [0.1, 0.15) is 18.2 Å². The van der Waals surface area contributed by atoms with Gasteiger partial charge in [0, 0.05) is 19.5 Å². The smallest absolute Gasteiger partial charge is 0.309 e. The molecule has 0 aliphatic heterocycles. The average molecular weight is 346 g/mol. The third-order valence-corrected chi connectivity index (χ3v) is 3.56. The van der Waals surface area contributed by atoms with Crippen LogP contribution in [0.25, 0.3) is 0 Å². The molecule has 7 heteroatoms. The molecule has 1 unspecified atom stereocenters. The molecule has 0 saturated heterocycles. The summed E-state index contributed by atoms with van der Waals surface area (Å²) < 4.78 is 10.3. The number of aliphatic hydroxyl groups is 1. The molecule has 3 N–H and O–H groups in total. The zero-order valence-electron chi connectivity index (χ0n) is 14.2. The quantitative estimate of drug-likeness (QED) is 0.650. The first kappa shape index (κ1) is 18.5. The number of carbonyl (C=O) groups is 2. The van der Waals surface area contributed by atoms with Crippen molar-refractivity contribution < 1.29 is 23.8 Å². The summed E-state index contributed by atoms with van der Waals surface area (Å²) in [5.41, 5.74) is -0.411. The van der Waals surface area contributed by atoms with Gasteiger partial charge in [-0.1, -0.05) is 12.1 Å². The number of ether oxygens (including phenoxy) is 1. The number of rotatable bonds is 7. The van der Waals surface area contributed by atoms with Crippen LogP contribution >= 0.6 is 0 Å². The van der Waals surface area contributed by atoms with E-state index in [4.69, 9.17) is 9.15 Å². The van der Waals surface area contributed by atoms with Crippen LogP contribution in [-0.2, 0) is 22.6 Å². The molecule has 0 aliphatic carbocycles. The Morgan fingerprint density at radius 3 is 2.64 bits per heavy atom. The molecule has 7 nitrogen and oxygen atoms in total. The van der Waals surface area contributed by atoms with E-state index in [9.17, 15) is 14.7 Å². The highest BCUT2D eigenvalue weighted by molar-refractivity contribution is 6.35. The van der Waals surface area contributed by atoms with Crippen molar-refractivity contribution in [3.63, 3.8) is 0 Å². The summed E-state index contributed by atoms with van der Waals surface area (Å²) in [7, 11) is 1.56. The third-order valence-electron chi connectivity index (χ3n) is 3.56. The fourth-order valence-electron chi connectivity index (χ4n) is 2.25. The highest BCUT2D eigenvalue weighted by Crippen LogP contribution is 2.13. The van der Waals surface area contributed by atoms with Gasteiger partial charge in [0.05, 0.1) is 19.0 Å². The zero-order valence-corrected chi connectivity index (χ0v) is 14.2. The highest BCUT2D eigenvalue weighted by atomic mass is 16.5. The van der Waals surface area contributed by atoms with E-state index in [1.165, 1.54) is 6.26 Å². The molecular formula is C18H22N2O5. The van der Waals surface area contributed by atoms with Gasteiger partial charge in [-0.2, -0.15) is 0 Å². The van der Waals surface area contributed by atoms with Crippen LogP contribution in [0.15, 0.2) is 47.1 Å². The number of hydrogen-bond acceptors (Lipinski definition) is 5. The van der Waals surface area contributed by atoms with Crippen molar-refractivity contribution in [3.8, 4) is 5.75 Å². The largest absolute Gasteiger partial charge is 0.497 e. The molecule has 1 aromatic carbocycles. The molecule has 1 atom stereocenters. The molecule has 1 heterocycles. The number of nitrogens with one attached hydrogen (secondary N) is 2. The van der Waals surface area contributed by atoms with Crippen molar-refractivity contribution >= 4 is 11.8 Å². The van der Waals surface area contributed by atoms with Crippen LogP contribution < -0.4 is 15.4 Å². The van der Waals surface area contributed by atoms with Crippen molar-refractivity contribution in [1.82, 2.24) is 10.6 Å². The molecule has 0 radical (unpaired) electrons. The van der Waals surface area contributed by atoms with Gasteiger partial charge in [-0.05, 0) is 36.8 Å². The Labute approximate surface area is 146 Å². The SMILES string of the molecule is COc1cccc(CNC(=O)C(=O)NCC(C)(O)Cc2ccco2)c1. The Bertz CT molecular complexity index is 710. The fourth-order valence-corrected chi connectivity index (χ4v) is 2.25. The second kappa shape index (κ2) is 8.34. The first-order valence-corrected chi connectivity index (χ1v) is 7.83. The molecule has 0 fully saturated rings. The molecule has 0 bridgehead atoms. The minimum atomic E-state index is -1.22. The first-order chi connectivity index (χ1) is 11.9. The zero-order chi connectivity index (χ0) is 18.3. The third kappa shape index (κ3) is 5.96. The maximum Gasteiger partial charge on any atom is 0.309 e. The number of carbonyl (C=O) groups excluding carboxylic acids is 2. The molecule has 0 saturated carbocycles. The Morgan fingerprint density at radius 2 is 1.96 bits per heavy atom. The average Bonchev–Trinajstić information content (AvgIpc) is 3.10. The molecular weight excluding hydrogens is 324 g/mol. The Morgan fingerprint density at radius 1 is 1.20 bits per heavy atom. The van der Waals surface area contributed by atoms with Crippen LogP contribution in [0.4, 0.5) is 0 Å². The number of methoxy groups -OCH3 is 1. The van der Waals surface area contributed by atoms with Crippen LogP contribution in [0, 0.1) is 0 Å². The van der Waals surface area contributed by atoms with Crippen molar-refractivity contribution in [2.24, 2.45) is 0 Å². The molecule has 1 aromatic heterocycles. The van der Waals surface area contributed by atoms with Crippen LogP contribution in [0.5, 0.6) is 5.75 Å². The molecule has 2 amide bonds. The molecule has 25 heavy (non-hydrogen) atoms. The molecule has 0 spiro atoms. The minimum Gasteiger partial charge on any atom is -0.497 e. The lowest BCUT2D eigenvalue weighted by Gasteiger charge is -2.22.